The van der Waals surface area contributed by atoms with E-state index in [0.717, 1.165) is 18.4 Å². The SMILES string of the molecule is COC1=N[C@H](C(C)C)C(OC)=N[C@H]1CCc1ccc(F)cc1. The van der Waals surface area contributed by atoms with Gasteiger partial charge in [-0.3, -0.25) is 0 Å². The van der Waals surface area contributed by atoms with Gasteiger partial charge in [0, 0.05) is 0 Å². The number of benzene rings is 1. The summed E-state index contributed by atoms with van der Waals surface area (Å²) in [5, 5.41) is 0. The number of nitrogens with zero attached hydrogens (tertiary/aromatic N) is 2. The van der Waals surface area contributed by atoms with Crippen LogP contribution in [0.25, 0.3) is 0 Å². The van der Waals surface area contributed by atoms with E-state index in [2.05, 4.69) is 23.8 Å². The van der Waals surface area contributed by atoms with E-state index in [0.29, 0.717) is 17.7 Å². The fourth-order valence-corrected chi connectivity index (χ4v) is 2.50. The molecule has 0 saturated carbocycles. The molecule has 1 aliphatic heterocycles. The smallest absolute Gasteiger partial charge is 0.209 e. The minimum absolute atomic E-state index is 0.0954. The summed E-state index contributed by atoms with van der Waals surface area (Å²) in [5.74, 6) is 1.36. The Hall–Kier alpha value is -1.91. The molecule has 1 aromatic rings. The minimum atomic E-state index is -0.222. The van der Waals surface area contributed by atoms with E-state index in [4.69, 9.17) is 9.47 Å². The third-order valence-corrected chi connectivity index (χ3v) is 3.76. The summed E-state index contributed by atoms with van der Waals surface area (Å²) in [6, 6.07) is 6.28. The average molecular weight is 306 g/mol. The monoisotopic (exact) mass is 306 g/mol. The van der Waals surface area contributed by atoms with Crippen LogP contribution >= 0.6 is 0 Å². The summed E-state index contributed by atoms with van der Waals surface area (Å²) < 4.78 is 23.7. The highest BCUT2D eigenvalue weighted by Crippen LogP contribution is 2.20. The van der Waals surface area contributed by atoms with Crippen molar-refractivity contribution in [2.75, 3.05) is 14.2 Å². The first-order valence-corrected chi connectivity index (χ1v) is 7.53. The highest BCUT2D eigenvalue weighted by atomic mass is 19.1. The van der Waals surface area contributed by atoms with Gasteiger partial charge in [-0.25, -0.2) is 14.4 Å². The van der Waals surface area contributed by atoms with Crippen LogP contribution in [-0.4, -0.2) is 38.1 Å². The van der Waals surface area contributed by atoms with Crippen LogP contribution in [0.5, 0.6) is 0 Å². The molecule has 120 valence electrons. The maximum absolute atomic E-state index is 12.9. The van der Waals surface area contributed by atoms with Crippen molar-refractivity contribution < 1.29 is 13.9 Å². The number of hydrogen-bond donors (Lipinski definition) is 0. The van der Waals surface area contributed by atoms with Gasteiger partial charge in [-0.15, -0.1) is 0 Å². The maximum atomic E-state index is 12.9. The van der Waals surface area contributed by atoms with Crippen LogP contribution in [-0.2, 0) is 15.9 Å². The number of methoxy groups -OCH3 is 2. The zero-order valence-corrected chi connectivity index (χ0v) is 13.5. The van der Waals surface area contributed by atoms with Crippen molar-refractivity contribution in [1.82, 2.24) is 0 Å². The first kappa shape index (κ1) is 16.5. The van der Waals surface area contributed by atoms with Gasteiger partial charge in [0.15, 0.2) is 0 Å². The van der Waals surface area contributed by atoms with E-state index in [1.165, 1.54) is 12.1 Å². The van der Waals surface area contributed by atoms with Crippen molar-refractivity contribution in [2.24, 2.45) is 15.9 Å². The van der Waals surface area contributed by atoms with Crippen molar-refractivity contribution in [3.8, 4) is 0 Å². The van der Waals surface area contributed by atoms with E-state index in [-0.39, 0.29) is 17.9 Å². The zero-order valence-electron chi connectivity index (χ0n) is 13.5. The molecular formula is C17H23FN2O2. The lowest BCUT2D eigenvalue weighted by Crippen LogP contribution is -2.37. The van der Waals surface area contributed by atoms with Crippen LogP contribution in [0.2, 0.25) is 0 Å². The number of aryl methyl sites for hydroxylation is 1. The second-order valence-corrected chi connectivity index (χ2v) is 5.71. The number of aliphatic imine (C=N–C) groups is 2. The Morgan fingerprint density at radius 1 is 1.05 bits per heavy atom. The summed E-state index contributed by atoms with van der Waals surface area (Å²) in [6.07, 6.45) is 1.52. The van der Waals surface area contributed by atoms with Crippen LogP contribution in [0.3, 0.4) is 0 Å². The highest BCUT2D eigenvalue weighted by Gasteiger charge is 2.30. The molecule has 0 unspecified atom stereocenters. The van der Waals surface area contributed by atoms with Gasteiger partial charge < -0.3 is 9.47 Å². The Labute approximate surface area is 131 Å². The van der Waals surface area contributed by atoms with Gasteiger partial charge >= 0.3 is 0 Å². The average Bonchev–Trinajstić information content (AvgIpc) is 2.53. The fourth-order valence-electron chi connectivity index (χ4n) is 2.50. The Balaban J connectivity index is 2.10. The maximum Gasteiger partial charge on any atom is 0.209 e. The summed E-state index contributed by atoms with van der Waals surface area (Å²) in [7, 11) is 3.24. The van der Waals surface area contributed by atoms with Crippen molar-refractivity contribution in [1.29, 1.82) is 0 Å². The van der Waals surface area contributed by atoms with E-state index < -0.39 is 0 Å². The lowest BCUT2D eigenvalue weighted by molar-refractivity contribution is 0.331. The molecule has 0 aromatic heterocycles. The van der Waals surface area contributed by atoms with E-state index >= 15 is 0 Å². The third kappa shape index (κ3) is 3.84. The molecule has 0 radical (unpaired) electrons. The predicted octanol–water partition coefficient (Wildman–Crippen LogP) is 3.25. The number of rotatable bonds is 4. The van der Waals surface area contributed by atoms with Crippen molar-refractivity contribution in [3.05, 3.63) is 35.6 Å². The number of hydrogen-bond acceptors (Lipinski definition) is 4. The molecule has 0 spiro atoms. The molecule has 4 nitrogen and oxygen atoms in total. The Morgan fingerprint density at radius 3 is 2.23 bits per heavy atom. The topological polar surface area (TPSA) is 43.2 Å². The molecule has 1 aliphatic rings. The minimum Gasteiger partial charge on any atom is -0.483 e. The molecule has 22 heavy (non-hydrogen) atoms. The fraction of sp³-hybridized carbons (Fsp3) is 0.529. The number of ether oxygens (including phenoxy) is 2. The van der Waals surface area contributed by atoms with Gasteiger partial charge in [0.05, 0.1) is 14.2 Å². The molecule has 0 amide bonds. The van der Waals surface area contributed by atoms with Crippen LogP contribution in [0.4, 0.5) is 4.39 Å². The molecule has 0 fully saturated rings. The molecule has 2 rings (SSSR count). The molecule has 1 heterocycles. The number of halogens is 1. The van der Waals surface area contributed by atoms with Gasteiger partial charge in [-0.2, -0.15) is 0 Å². The van der Waals surface area contributed by atoms with Gasteiger partial charge in [0.1, 0.15) is 17.9 Å². The van der Waals surface area contributed by atoms with Crippen molar-refractivity contribution in [3.63, 3.8) is 0 Å². The Kier molecular flexibility index (Phi) is 5.52. The Morgan fingerprint density at radius 2 is 1.68 bits per heavy atom. The third-order valence-electron chi connectivity index (χ3n) is 3.76. The van der Waals surface area contributed by atoms with Crippen LogP contribution in [0.1, 0.15) is 25.8 Å². The second-order valence-electron chi connectivity index (χ2n) is 5.71. The second kappa shape index (κ2) is 7.38. The zero-order chi connectivity index (χ0) is 16.1. The van der Waals surface area contributed by atoms with E-state index in [9.17, 15) is 4.39 Å². The molecule has 0 bridgehead atoms. The first-order chi connectivity index (χ1) is 10.5. The van der Waals surface area contributed by atoms with Gasteiger partial charge in [0.2, 0.25) is 11.8 Å². The Bertz CT molecular complexity index is 552. The van der Waals surface area contributed by atoms with Gasteiger partial charge in [-0.1, -0.05) is 26.0 Å². The molecule has 5 heteroatoms. The highest BCUT2D eigenvalue weighted by molar-refractivity contribution is 5.94. The molecule has 0 saturated heterocycles. The first-order valence-electron chi connectivity index (χ1n) is 7.53. The lowest BCUT2D eigenvalue weighted by atomic mass is 10.0. The van der Waals surface area contributed by atoms with E-state index in [1.54, 1.807) is 26.4 Å². The standard InChI is InChI=1S/C17H23FN2O2/c1-11(2)15-17(22-4)19-14(16(20-15)21-3)10-7-12-5-8-13(18)9-6-12/h5-6,8-9,11,14-15H,7,10H2,1-4H3/t14-,15+/m0/s1. The summed E-state index contributed by atoms with van der Waals surface area (Å²) >= 11 is 0. The summed E-state index contributed by atoms with van der Waals surface area (Å²) in [6.45, 7) is 4.16. The molecule has 1 aromatic carbocycles. The predicted molar refractivity (Wildman–Crippen MR) is 86.0 cm³/mol. The van der Waals surface area contributed by atoms with Crippen molar-refractivity contribution in [2.45, 2.75) is 38.8 Å². The lowest BCUT2D eigenvalue weighted by Gasteiger charge is -2.27. The summed E-state index contributed by atoms with van der Waals surface area (Å²) in [5.41, 5.74) is 1.07. The quantitative estimate of drug-likeness (QED) is 0.857. The van der Waals surface area contributed by atoms with E-state index in [1.807, 2.05) is 0 Å². The van der Waals surface area contributed by atoms with Crippen LogP contribution in [0, 0.1) is 11.7 Å². The molecule has 0 aliphatic carbocycles. The van der Waals surface area contributed by atoms with Crippen LogP contribution < -0.4 is 0 Å². The molecule has 2 atom stereocenters. The molecule has 0 N–H and O–H groups in total. The van der Waals surface area contributed by atoms with Gasteiger partial charge in [-0.05, 0) is 36.5 Å². The largest absolute Gasteiger partial charge is 0.483 e. The molecular weight excluding hydrogens is 283 g/mol. The summed E-state index contributed by atoms with van der Waals surface area (Å²) in [4.78, 5) is 9.29. The van der Waals surface area contributed by atoms with Crippen molar-refractivity contribution >= 4 is 11.8 Å². The van der Waals surface area contributed by atoms with Gasteiger partial charge in [0.25, 0.3) is 0 Å². The van der Waals surface area contributed by atoms with Crippen LogP contribution in [0.15, 0.2) is 34.3 Å². The normalized spacial score (nSPS) is 21.4.